The zero-order valence-electron chi connectivity index (χ0n) is 8.46. The summed E-state index contributed by atoms with van der Waals surface area (Å²) in [5.41, 5.74) is 6.03. The van der Waals surface area contributed by atoms with Gasteiger partial charge in [-0.2, -0.15) is 0 Å². The highest BCUT2D eigenvalue weighted by Crippen LogP contribution is 2.31. The van der Waals surface area contributed by atoms with Crippen LogP contribution in [0.2, 0.25) is 5.02 Å². The SMILES string of the molecule is Cc1c(C)c(C)c(CCl)c(Cl)c1C. The van der Waals surface area contributed by atoms with Crippen LogP contribution in [0, 0.1) is 27.7 Å². The fourth-order valence-corrected chi connectivity index (χ4v) is 2.26. The van der Waals surface area contributed by atoms with E-state index in [0.717, 1.165) is 16.1 Å². The summed E-state index contributed by atoms with van der Waals surface area (Å²) in [4.78, 5) is 0. The molecule has 0 atom stereocenters. The van der Waals surface area contributed by atoms with Gasteiger partial charge in [0.25, 0.3) is 0 Å². The zero-order valence-corrected chi connectivity index (χ0v) is 9.97. The first-order valence-corrected chi connectivity index (χ1v) is 5.22. The van der Waals surface area contributed by atoms with Crippen LogP contribution in [0.15, 0.2) is 0 Å². The molecule has 2 heteroatoms. The van der Waals surface area contributed by atoms with E-state index in [1.54, 1.807) is 0 Å². The molecule has 0 unspecified atom stereocenters. The summed E-state index contributed by atoms with van der Waals surface area (Å²) < 4.78 is 0. The second kappa shape index (κ2) is 3.89. The average molecular weight is 217 g/mol. The highest BCUT2D eigenvalue weighted by atomic mass is 35.5. The molecule has 0 saturated heterocycles. The Morgan fingerprint density at radius 1 is 0.846 bits per heavy atom. The molecule has 1 aromatic rings. The summed E-state index contributed by atoms with van der Waals surface area (Å²) >= 11 is 12.0. The minimum Gasteiger partial charge on any atom is -0.121 e. The van der Waals surface area contributed by atoms with E-state index >= 15 is 0 Å². The van der Waals surface area contributed by atoms with E-state index < -0.39 is 0 Å². The van der Waals surface area contributed by atoms with Crippen LogP contribution in [-0.4, -0.2) is 0 Å². The van der Waals surface area contributed by atoms with Crippen LogP contribution >= 0.6 is 23.2 Å². The largest absolute Gasteiger partial charge is 0.121 e. The van der Waals surface area contributed by atoms with Crippen molar-refractivity contribution < 1.29 is 0 Å². The molecule has 0 fully saturated rings. The normalized spacial score (nSPS) is 10.6. The van der Waals surface area contributed by atoms with Gasteiger partial charge in [0, 0.05) is 10.9 Å². The van der Waals surface area contributed by atoms with E-state index in [4.69, 9.17) is 23.2 Å². The predicted octanol–water partition coefficient (Wildman–Crippen LogP) is 4.31. The first kappa shape index (κ1) is 10.9. The highest BCUT2D eigenvalue weighted by molar-refractivity contribution is 6.33. The molecule has 0 saturated carbocycles. The molecule has 0 aliphatic heterocycles. The van der Waals surface area contributed by atoms with Crippen molar-refractivity contribution in [3.63, 3.8) is 0 Å². The molecule has 1 aromatic carbocycles. The lowest BCUT2D eigenvalue weighted by molar-refractivity contribution is 1.16. The Labute approximate surface area is 89.9 Å². The van der Waals surface area contributed by atoms with Crippen LogP contribution in [0.25, 0.3) is 0 Å². The molecule has 13 heavy (non-hydrogen) atoms. The molecule has 0 bridgehead atoms. The number of alkyl halides is 1. The van der Waals surface area contributed by atoms with E-state index in [1.807, 2.05) is 6.92 Å². The van der Waals surface area contributed by atoms with Gasteiger partial charge in [0.2, 0.25) is 0 Å². The smallest absolute Gasteiger partial charge is 0.0491 e. The molecule has 0 amide bonds. The Bertz CT molecular complexity index is 311. The van der Waals surface area contributed by atoms with Crippen LogP contribution < -0.4 is 0 Å². The number of hydrogen-bond donors (Lipinski definition) is 0. The topological polar surface area (TPSA) is 0 Å². The third-order valence-electron chi connectivity index (χ3n) is 2.87. The number of benzene rings is 1. The molecule has 0 spiro atoms. The molecule has 0 aromatic heterocycles. The van der Waals surface area contributed by atoms with Crippen molar-refractivity contribution in [1.82, 2.24) is 0 Å². The van der Waals surface area contributed by atoms with Crippen molar-refractivity contribution in [3.05, 3.63) is 32.8 Å². The fraction of sp³-hybridized carbons (Fsp3) is 0.455. The van der Waals surface area contributed by atoms with Crippen molar-refractivity contribution >= 4 is 23.2 Å². The summed E-state index contributed by atoms with van der Waals surface area (Å²) in [6, 6.07) is 0. The van der Waals surface area contributed by atoms with E-state index in [1.165, 1.54) is 16.7 Å². The minimum absolute atomic E-state index is 0.493. The van der Waals surface area contributed by atoms with Crippen LogP contribution in [0.1, 0.15) is 27.8 Å². The lowest BCUT2D eigenvalue weighted by atomic mass is 9.95. The van der Waals surface area contributed by atoms with Gasteiger partial charge in [-0.25, -0.2) is 0 Å². The standard InChI is InChI=1S/C11H14Cl2/c1-6-7(2)9(4)11(13)10(5-12)8(6)3/h5H2,1-4H3. The van der Waals surface area contributed by atoms with Gasteiger partial charge in [0.1, 0.15) is 0 Å². The summed E-state index contributed by atoms with van der Waals surface area (Å²) in [6.07, 6.45) is 0. The summed E-state index contributed by atoms with van der Waals surface area (Å²) in [5.74, 6) is 0.493. The Morgan fingerprint density at radius 3 is 1.77 bits per heavy atom. The maximum Gasteiger partial charge on any atom is 0.0491 e. The third-order valence-corrected chi connectivity index (χ3v) is 3.65. The first-order valence-electron chi connectivity index (χ1n) is 4.31. The van der Waals surface area contributed by atoms with Crippen molar-refractivity contribution in [1.29, 1.82) is 0 Å². The Morgan fingerprint density at radius 2 is 1.31 bits per heavy atom. The molecule has 0 aliphatic carbocycles. The van der Waals surface area contributed by atoms with Crippen molar-refractivity contribution in [3.8, 4) is 0 Å². The average Bonchev–Trinajstić information content (AvgIpc) is 2.13. The molecule has 0 radical (unpaired) electrons. The number of halogens is 2. The van der Waals surface area contributed by atoms with Crippen molar-refractivity contribution in [2.45, 2.75) is 33.6 Å². The molecule has 0 heterocycles. The van der Waals surface area contributed by atoms with Crippen LogP contribution in [-0.2, 0) is 5.88 Å². The molecule has 0 N–H and O–H groups in total. The van der Waals surface area contributed by atoms with E-state index in [9.17, 15) is 0 Å². The van der Waals surface area contributed by atoms with Gasteiger partial charge in [-0.3, -0.25) is 0 Å². The zero-order chi connectivity index (χ0) is 10.2. The molecule has 0 aliphatic rings. The molecule has 72 valence electrons. The highest BCUT2D eigenvalue weighted by Gasteiger charge is 2.12. The second-order valence-corrected chi connectivity index (χ2v) is 4.07. The monoisotopic (exact) mass is 216 g/mol. The van der Waals surface area contributed by atoms with Gasteiger partial charge in [-0.15, -0.1) is 11.6 Å². The maximum atomic E-state index is 6.19. The molecule has 1 rings (SSSR count). The quantitative estimate of drug-likeness (QED) is 0.615. The van der Waals surface area contributed by atoms with Crippen LogP contribution in [0.5, 0.6) is 0 Å². The van der Waals surface area contributed by atoms with Crippen LogP contribution in [0.4, 0.5) is 0 Å². The summed E-state index contributed by atoms with van der Waals surface area (Å²) in [7, 11) is 0. The van der Waals surface area contributed by atoms with E-state index in [2.05, 4.69) is 20.8 Å². The number of hydrogen-bond acceptors (Lipinski definition) is 0. The summed E-state index contributed by atoms with van der Waals surface area (Å²) in [6.45, 7) is 8.33. The minimum atomic E-state index is 0.493. The van der Waals surface area contributed by atoms with Gasteiger partial charge in [0.05, 0.1) is 0 Å². The van der Waals surface area contributed by atoms with E-state index in [-0.39, 0.29) is 0 Å². The predicted molar refractivity (Wildman–Crippen MR) is 60.0 cm³/mol. The van der Waals surface area contributed by atoms with Gasteiger partial charge >= 0.3 is 0 Å². The van der Waals surface area contributed by atoms with Crippen molar-refractivity contribution in [2.24, 2.45) is 0 Å². The van der Waals surface area contributed by atoms with Gasteiger partial charge in [-0.05, 0) is 55.5 Å². The molecular weight excluding hydrogens is 203 g/mol. The fourth-order valence-electron chi connectivity index (χ4n) is 1.50. The number of rotatable bonds is 1. The maximum absolute atomic E-state index is 6.19. The van der Waals surface area contributed by atoms with Crippen LogP contribution in [0.3, 0.4) is 0 Å². The van der Waals surface area contributed by atoms with Crippen molar-refractivity contribution in [2.75, 3.05) is 0 Å². The molecular formula is C11H14Cl2. The summed E-state index contributed by atoms with van der Waals surface area (Å²) in [5, 5.41) is 0.829. The van der Waals surface area contributed by atoms with Gasteiger partial charge < -0.3 is 0 Å². The Balaban J connectivity index is 3.56. The lowest BCUT2D eigenvalue weighted by Crippen LogP contribution is -1.98. The Kier molecular flexibility index (Phi) is 3.26. The van der Waals surface area contributed by atoms with E-state index in [0.29, 0.717) is 5.88 Å². The van der Waals surface area contributed by atoms with Gasteiger partial charge in [0.15, 0.2) is 0 Å². The third kappa shape index (κ3) is 1.70. The first-order chi connectivity index (χ1) is 6.00. The molecule has 0 nitrogen and oxygen atoms in total. The van der Waals surface area contributed by atoms with Gasteiger partial charge in [-0.1, -0.05) is 11.6 Å². The second-order valence-electron chi connectivity index (χ2n) is 3.43. The Hall–Kier alpha value is -0.200. The lowest BCUT2D eigenvalue weighted by Gasteiger charge is -2.15.